The van der Waals surface area contributed by atoms with E-state index < -0.39 is 0 Å². The maximum Gasteiger partial charge on any atom is 0.176 e. The zero-order chi connectivity index (χ0) is 19.3. The van der Waals surface area contributed by atoms with Crippen molar-refractivity contribution in [1.29, 1.82) is 0 Å². The first kappa shape index (κ1) is 18.2. The zero-order valence-electron chi connectivity index (χ0n) is 14.8. The number of nitrogens with one attached hydrogen (secondary N) is 3. The van der Waals surface area contributed by atoms with E-state index in [4.69, 9.17) is 23.8 Å². The Balaban J connectivity index is 1.54. The zero-order valence-corrected chi connectivity index (χ0v) is 16.4. The molecule has 138 valence electrons. The van der Waals surface area contributed by atoms with Crippen molar-refractivity contribution in [3.05, 3.63) is 89.6 Å². The molecule has 4 rings (SSSR count). The van der Waals surface area contributed by atoms with Gasteiger partial charge in [-0.15, -0.1) is 0 Å². The first-order chi connectivity index (χ1) is 13.7. The quantitative estimate of drug-likeness (QED) is 0.374. The first-order valence-electron chi connectivity index (χ1n) is 8.73. The second-order valence-electron chi connectivity index (χ2n) is 6.16. The van der Waals surface area contributed by atoms with Crippen LogP contribution < -0.4 is 10.6 Å². The van der Waals surface area contributed by atoms with Gasteiger partial charge in [0.1, 0.15) is 0 Å². The summed E-state index contributed by atoms with van der Waals surface area (Å²) >= 11 is 11.8. The van der Waals surface area contributed by atoms with E-state index in [1.54, 1.807) is 6.20 Å². The van der Waals surface area contributed by atoms with Gasteiger partial charge in [-0.25, -0.2) is 0 Å². The van der Waals surface area contributed by atoms with Gasteiger partial charge in [-0.05, 0) is 41.6 Å². The molecule has 0 radical (unpaired) electrons. The average Bonchev–Trinajstić information content (AvgIpc) is 3.10. The fourth-order valence-electron chi connectivity index (χ4n) is 2.89. The van der Waals surface area contributed by atoms with Gasteiger partial charge in [-0.1, -0.05) is 72.3 Å². The number of thiocarbonyl (C=S) groups is 1. The normalized spacial score (nSPS) is 11.0. The molecule has 0 fully saturated rings. The maximum absolute atomic E-state index is 6.46. The van der Waals surface area contributed by atoms with Crippen molar-refractivity contribution in [2.75, 3.05) is 5.32 Å². The summed E-state index contributed by atoms with van der Waals surface area (Å²) in [6.07, 6.45) is 3.75. The molecule has 0 bridgehead atoms. The first-order valence-corrected chi connectivity index (χ1v) is 9.51. The molecule has 0 saturated heterocycles. The lowest BCUT2D eigenvalue weighted by Crippen LogP contribution is -2.23. The minimum absolute atomic E-state index is 0.455. The van der Waals surface area contributed by atoms with Crippen LogP contribution >= 0.6 is 23.8 Å². The van der Waals surface area contributed by atoms with E-state index in [-0.39, 0.29) is 0 Å². The summed E-state index contributed by atoms with van der Waals surface area (Å²) in [5, 5.41) is 15.5. The molecule has 3 N–H and O–H groups in total. The predicted octanol–water partition coefficient (Wildman–Crippen LogP) is 5.84. The minimum atomic E-state index is 0.455. The number of anilines is 1. The van der Waals surface area contributed by atoms with Crippen molar-refractivity contribution in [1.82, 2.24) is 15.5 Å². The summed E-state index contributed by atoms with van der Waals surface area (Å²) in [5.74, 6) is 0.648. The van der Waals surface area contributed by atoms with Crippen molar-refractivity contribution in [3.8, 4) is 11.1 Å². The molecule has 0 aliphatic rings. The van der Waals surface area contributed by atoms with Crippen LogP contribution in [0.2, 0.25) is 5.02 Å². The Morgan fingerprint density at radius 3 is 2.46 bits per heavy atom. The summed E-state index contributed by atoms with van der Waals surface area (Å²) in [6, 6.07) is 23.9. The summed E-state index contributed by atoms with van der Waals surface area (Å²) in [6.45, 7) is 0. The number of aromatic nitrogens is 2. The lowest BCUT2D eigenvalue weighted by atomic mass is 10.0. The predicted molar refractivity (Wildman–Crippen MR) is 121 cm³/mol. The van der Waals surface area contributed by atoms with Gasteiger partial charge in [0.2, 0.25) is 0 Å². The Kier molecular flexibility index (Phi) is 5.37. The molecule has 0 saturated carbocycles. The molecular weight excluding hydrogens is 388 g/mol. The van der Waals surface area contributed by atoms with Crippen LogP contribution in [0.15, 0.2) is 79.0 Å². The Hall–Kier alpha value is -3.15. The third kappa shape index (κ3) is 4.06. The fraction of sp³-hybridized carbons (Fsp3) is 0. The molecule has 1 aromatic heterocycles. The molecule has 0 aliphatic carbocycles. The van der Waals surface area contributed by atoms with Gasteiger partial charge in [-0.3, -0.25) is 5.10 Å². The number of hydrogen-bond acceptors (Lipinski definition) is 2. The van der Waals surface area contributed by atoms with Gasteiger partial charge in [-0.2, -0.15) is 5.10 Å². The van der Waals surface area contributed by atoms with E-state index in [1.165, 1.54) is 0 Å². The summed E-state index contributed by atoms with van der Waals surface area (Å²) in [7, 11) is 0. The summed E-state index contributed by atoms with van der Waals surface area (Å²) < 4.78 is 0. The number of H-pyrrole nitrogens is 1. The minimum Gasteiger partial charge on any atom is -0.339 e. The maximum atomic E-state index is 6.46. The van der Waals surface area contributed by atoms with Crippen molar-refractivity contribution in [2.45, 2.75) is 0 Å². The van der Waals surface area contributed by atoms with Crippen LogP contribution in [0, 0.1) is 0 Å². The molecule has 0 unspecified atom stereocenters. The Morgan fingerprint density at radius 1 is 1.00 bits per heavy atom. The van der Waals surface area contributed by atoms with E-state index >= 15 is 0 Å². The Morgan fingerprint density at radius 2 is 1.71 bits per heavy atom. The number of halogens is 1. The molecular formula is C22H17ClN4S. The van der Waals surface area contributed by atoms with Crippen molar-refractivity contribution in [2.24, 2.45) is 0 Å². The Bertz CT molecular complexity index is 1140. The van der Waals surface area contributed by atoms with Crippen LogP contribution in [-0.2, 0) is 0 Å². The number of rotatable bonds is 4. The number of nitrogens with zero attached hydrogens (tertiary/aromatic N) is 1. The monoisotopic (exact) mass is 404 g/mol. The number of benzene rings is 3. The van der Waals surface area contributed by atoms with Crippen molar-refractivity contribution in [3.63, 3.8) is 0 Å². The molecule has 3 aromatic carbocycles. The third-order valence-corrected chi connectivity index (χ3v) is 4.79. The topological polar surface area (TPSA) is 52.7 Å². The van der Waals surface area contributed by atoms with Crippen LogP contribution in [0.3, 0.4) is 0 Å². The highest BCUT2D eigenvalue weighted by molar-refractivity contribution is 7.80. The van der Waals surface area contributed by atoms with Crippen LogP contribution in [0.5, 0.6) is 0 Å². The average molecular weight is 405 g/mol. The van der Waals surface area contributed by atoms with Gasteiger partial charge < -0.3 is 10.6 Å². The van der Waals surface area contributed by atoms with Gasteiger partial charge in [0, 0.05) is 17.1 Å². The van der Waals surface area contributed by atoms with Gasteiger partial charge >= 0.3 is 0 Å². The van der Waals surface area contributed by atoms with Crippen LogP contribution in [-0.4, -0.2) is 15.3 Å². The van der Waals surface area contributed by atoms with E-state index in [9.17, 15) is 0 Å². The van der Waals surface area contributed by atoms with Crippen LogP contribution in [0.4, 0.5) is 5.82 Å². The smallest absolute Gasteiger partial charge is 0.176 e. The second-order valence-corrected chi connectivity index (χ2v) is 6.97. The van der Waals surface area contributed by atoms with Crippen LogP contribution in [0.1, 0.15) is 5.56 Å². The lowest BCUT2D eigenvalue weighted by Gasteiger charge is -2.07. The molecule has 1 heterocycles. The van der Waals surface area contributed by atoms with Crippen molar-refractivity contribution < 1.29 is 0 Å². The van der Waals surface area contributed by atoms with Crippen molar-refractivity contribution >= 4 is 51.7 Å². The van der Waals surface area contributed by atoms with Gasteiger partial charge in [0.05, 0.1) is 10.5 Å². The SMILES string of the molecule is S=C(NC=Cc1ccccc1)Nc1n[nH]c2cc(Cl)c(-c3ccccc3)cc12. The third-order valence-electron chi connectivity index (χ3n) is 4.26. The largest absolute Gasteiger partial charge is 0.339 e. The molecule has 0 amide bonds. The molecule has 4 nitrogen and oxygen atoms in total. The molecule has 0 aliphatic heterocycles. The van der Waals surface area contributed by atoms with E-state index in [0.717, 1.165) is 27.6 Å². The molecule has 6 heteroatoms. The highest BCUT2D eigenvalue weighted by Crippen LogP contribution is 2.33. The molecule has 0 spiro atoms. The highest BCUT2D eigenvalue weighted by Gasteiger charge is 2.12. The van der Waals surface area contributed by atoms with Gasteiger partial charge in [0.15, 0.2) is 10.9 Å². The second kappa shape index (κ2) is 8.25. The fourth-order valence-corrected chi connectivity index (χ4v) is 3.33. The van der Waals surface area contributed by atoms with Crippen LogP contribution in [0.25, 0.3) is 28.1 Å². The molecule has 0 atom stereocenters. The summed E-state index contributed by atoms with van der Waals surface area (Å²) in [5.41, 5.74) is 3.93. The molecule has 4 aromatic rings. The number of fused-ring (bicyclic) bond motifs is 1. The van der Waals surface area contributed by atoms with Gasteiger partial charge in [0.25, 0.3) is 0 Å². The van der Waals surface area contributed by atoms with E-state index in [1.807, 2.05) is 78.9 Å². The standard InChI is InChI=1S/C22H17ClN4S/c23-19-14-20-18(13-17(19)16-9-5-2-6-10-16)21(27-26-20)25-22(28)24-12-11-15-7-3-1-4-8-15/h1-14H,(H3,24,25,26,27,28). The Labute approximate surface area is 173 Å². The summed E-state index contributed by atoms with van der Waals surface area (Å²) in [4.78, 5) is 0. The lowest BCUT2D eigenvalue weighted by molar-refractivity contribution is 1.12. The number of aromatic amines is 1. The molecule has 28 heavy (non-hydrogen) atoms. The van der Waals surface area contributed by atoms with E-state index in [0.29, 0.717) is 16.0 Å². The number of hydrogen-bond donors (Lipinski definition) is 3. The highest BCUT2D eigenvalue weighted by atomic mass is 35.5. The van der Waals surface area contributed by atoms with E-state index in [2.05, 4.69) is 20.8 Å².